The Morgan fingerprint density at radius 3 is 2.15 bits per heavy atom. The number of amides is 1. The lowest BCUT2D eigenvalue weighted by molar-refractivity contribution is -0.119. The van der Waals surface area contributed by atoms with Gasteiger partial charge in [0.25, 0.3) is 10.0 Å². The number of nitrogens with one attached hydrogen (secondary N) is 1. The van der Waals surface area contributed by atoms with Crippen LogP contribution in [-0.4, -0.2) is 41.6 Å². The first-order chi connectivity index (χ1) is 16.3. The van der Waals surface area contributed by atoms with E-state index in [1.165, 1.54) is 25.3 Å². The molecule has 0 unspecified atom stereocenters. The highest BCUT2D eigenvalue weighted by atomic mass is 35.5. The molecule has 3 aromatic rings. The summed E-state index contributed by atoms with van der Waals surface area (Å²) in [6.07, 6.45) is 1.48. The van der Waals surface area contributed by atoms with Gasteiger partial charge in [-0.2, -0.15) is 0 Å². The molecule has 0 bridgehead atoms. The molecule has 1 amide bonds. The molecule has 0 atom stereocenters. The van der Waals surface area contributed by atoms with E-state index in [0.717, 1.165) is 22.0 Å². The average Bonchev–Trinajstić information content (AvgIpc) is 2.85. The minimum Gasteiger partial charge on any atom is -0.497 e. The fourth-order valence-electron chi connectivity index (χ4n) is 3.32. The molecule has 180 valence electrons. The molecule has 0 aliphatic rings. The predicted octanol–water partition coefficient (Wildman–Crippen LogP) is 4.30. The highest BCUT2D eigenvalue weighted by Crippen LogP contribution is 2.27. The summed E-state index contributed by atoms with van der Waals surface area (Å²) in [4.78, 5) is 12.7. The van der Waals surface area contributed by atoms with Crippen molar-refractivity contribution in [2.24, 2.45) is 0 Å². The van der Waals surface area contributed by atoms with Gasteiger partial charge in [-0.3, -0.25) is 9.10 Å². The zero-order chi connectivity index (χ0) is 24.6. The molecule has 9 heteroatoms. The Labute approximate surface area is 205 Å². The van der Waals surface area contributed by atoms with Crippen LogP contribution >= 0.6 is 11.6 Å². The lowest BCUT2D eigenvalue weighted by Crippen LogP contribution is -2.41. The van der Waals surface area contributed by atoms with Crippen molar-refractivity contribution in [2.45, 2.75) is 17.7 Å². The SMILES string of the molecule is COc1ccc(CCCNC(=O)CN(c2cccc(Cl)c2)S(=O)(=O)c2ccc(OC)cc2)cc1. The smallest absolute Gasteiger partial charge is 0.264 e. The molecule has 0 saturated carbocycles. The molecule has 7 nitrogen and oxygen atoms in total. The van der Waals surface area contributed by atoms with E-state index < -0.39 is 15.9 Å². The first-order valence-electron chi connectivity index (χ1n) is 10.7. The van der Waals surface area contributed by atoms with Gasteiger partial charge in [0.2, 0.25) is 5.91 Å². The molecule has 3 rings (SSSR count). The quantitative estimate of drug-likeness (QED) is 0.395. The van der Waals surface area contributed by atoms with Crippen molar-refractivity contribution in [1.29, 1.82) is 0 Å². The lowest BCUT2D eigenvalue weighted by atomic mass is 10.1. The molecule has 0 heterocycles. The van der Waals surface area contributed by atoms with E-state index in [1.807, 2.05) is 24.3 Å². The number of carbonyl (C=O) groups excluding carboxylic acids is 1. The molecule has 0 aliphatic carbocycles. The second-order valence-electron chi connectivity index (χ2n) is 7.47. The monoisotopic (exact) mass is 502 g/mol. The lowest BCUT2D eigenvalue weighted by Gasteiger charge is -2.24. The number of anilines is 1. The molecule has 0 aromatic heterocycles. The van der Waals surface area contributed by atoms with E-state index in [2.05, 4.69) is 5.32 Å². The van der Waals surface area contributed by atoms with E-state index in [9.17, 15) is 13.2 Å². The summed E-state index contributed by atoms with van der Waals surface area (Å²) in [6, 6.07) is 20.1. The van der Waals surface area contributed by atoms with Crippen LogP contribution in [-0.2, 0) is 21.2 Å². The van der Waals surface area contributed by atoms with Crippen LogP contribution in [0.4, 0.5) is 5.69 Å². The van der Waals surface area contributed by atoms with Crippen LogP contribution in [0.3, 0.4) is 0 Å². The Kier molecular flexibility index (Phi) is 8.79. The number of aryl methyl sites for hydroxylation is 1. The standard InChI is InChI=1S/C25H27ClN2O5S/c1-32-22-10-8-19(9-11-22)5-4-16-27-25(29)18-28(21-7-3-6-20(26)17-21)34(30,31)24-14-12-23(33-2)13-15-24/h3,6-15,17H,4-5,16,18H2,1-2H3,(H,27,29). The first kappa shape index (κ1) is 25.4. The molecule has 3 aromatic carbocycles. The summed E-state index contributed by atoms with van der Waals surface area (Å²) in [6.45, 7) is 0.0358. The number of carbonyl (C=O) groups is 1. The third kappa shape index (κ3) is 6.65. The molecular weight excluding hydrogens is 476 g/mol. The largest absolute Gasteiger partial charge is 0.497 e. The number of ether oxygens (including phenoxy) is 2. The number of rotatable bonds is 11. The molecule has 1 N–H and O–H groups in total. The summed E-state index contributed by atoms with van der Waals surface area (Å²) in [5, 5.41) is 3.18. The van der Waals surface area contributed by atoms with Gasteiger partial charge in [-0.05, 0) is 73.0 Å². The Morgan fingerprint density at radius 1 is 0.941 bits per heavy atom. The molecule has 0 saturated heterocycles. The number of halogens is 1. The van der Waals surface area contributed by atoms with E-state index in [0.29, 0.717) is 29.4 Å². The molecular formula is C25H27ClN2O5S. The maximum atomic E-state index is 13.4. The van der Waals surface area contributed by atoms with E-state index >= 15 is 0 Å². The van der Waals surface area contributed by atoms with Gasteiger partial charge in [-0.15, -0.1) is 0 Å². The Morgan fingerprint density at radius 2 is 1.56 bits per heavy atom. The van der Waals surface area contributed by atoms with Crippen LogP contribution in [0.5, 0.6) is 11.5 Å². The van der Waals surface area contributed by atoms with Gasteiger partial charge in [-0.1, -0.05) is 29.8 Å². The maximum Gasteiger partial charge on any atom is 0.264 e. The summed E-state index contributed by atoms with van der Waals surface area (Å²) >= 11 is 6.09. The van der Waals surface area contributed by atoms with Crippen molar-refractivity contribution >= 4 is 33.2 Å². The number of hydrogen-bond acceptors (Lipinski definition) is 5. The summed E-state index contributed by atoms with van der Waals surface area (Å²) in [5.74, 6) is 0.908. The summed E-state index contributed by atoms with van der Waals surface area (Å²) in [5.41, 5.74) is 1.43. The number of methoxy groups -OCH3 is 2. The van der Waals surface area contributed by atoms with Gasteiger partial charge in [0, 0.05) is 11.6 Å². The van der Waals surface area contributed by atoms with Gasteiger partial charge in [-0.25, -0.2) is 8.42 Å². The molecule has 0 radical (unpaired) electrons. The van der Waals surface area contributed by atoms with Crippen LogP contribution in [0.1, 0.15) is 12.0 Å². The number of nitrogens with zero attached hydrogens (tertiary/aromatic N) is 1. The minimum absolute atomic E-state index is 0.0422. The minimum atomic E-state index is -4.02. The van der Waals surface area contributed by atoms with Crippen LogP contribution < -0.4 is 19.1 Å². The zero-order valence-electron chi connectivity index (χ0n) is 19.0. The number of hydrogen-bond donors (Lipinski definition) is 1. The first-order valence-corrected chi connectivity index (χ1v) is 12.5. The van der Waals surface area contributed by atoms with E-state index in [4.69, 9.17) is 21.1 Å². The highest BCUT2D eigenvalue weighted by Gasteiger charge is 2.27. The van der Waals surface area contributed by atoms with E-state index in [-0.39, 0.29) is 11.4 Å². The van der Waals surface area contributed by atoms with Crippen molar-refractivity contribution in [3.05, 3.63) is 83.4 Å². The van der Waals surface area contributed by atoms with Gasteiger partial charge < -0.3 is 14.8 Å². The van der Waals surface area contributed by atoms with Crippen LogP contribution in [0.2, 0.25) is 5.02 Å². The molecule has 0 spiro atoms. The predicted molar refractivity (Wildman–Crippen MR) is 133 cm³/mol. The molecule has 0 aliphatic heterocycles. The molecule has 0 fully saturated rings. The normalized spacial score (nSPS) is 11.0. The topological polar surface area (TPSA) is 84.9 Å². The average molecular weight is 503 g/mol. The van der Waals surface area contributed by atoms with Crippen LogP contribution in [0, 0.1) is 0 Å². The third-order valence-electron chi connectivity index (χ3n) is 5.15. The van der Waals surface area contributed by atoms with Gasteiger partial charge in [0.1, 0.15) is 18.0 Å². The second-order valence-corrected chi connectivity index (χ2v) is 9.77. The van der Waals surface area contributed by atoms with Crippen molar-refractivity contribution in [1.82, 2.24) is 5.32 Å². The van der Waals surface area contributed by atoms with Gasteiger partial charge >= 0.3 is 0 Å². The fourth-order valence-corrected chi connectivity index (χ4v) is 4.92. The third-order valence-corrected chi connectivity index (χ3v) is 7.18. The highest BCUT2D eigenvalue weighted by molar-refractivity contribution is 7.92. The van der Waals surface area contributed by atoms with Crippen LogP contribution in [0.15, 0.2) is 77.7 Å². The van der Waals surface area contributed by atoms with Crippen molar-refractivity contribution in [3.8, 4) is 11.5 Å². The maximum absolute atomic E-state index is 13.4. The van der Waals surface area contributed by atoms with E-state index in [1.54, 1.807) is 37.4 Å². The number of sulfonamides is 1. The van der Waals surface area contributed by atoms with Crippen molar-refractivity contribution < 1.29 is 22.7 Å². The Hall–Kier alpha value is -3.23. The summed E-state index contributed by atoms with van der Waals surface area (Å²) in [7, 11) is -0.907. The Balaban J connectivity index is 1.69. The fraction of sp³-hybridized carbons (Fsp3) is 0.240. The number of benzene rings is 3. The van der Waals surface area contributed by atoms with Crippen molar-refractivity contribution in [2.75, 3.05) is 31.6 Å². The summed E-state index contributed by atoms with van der Waals surface area (Å²) < 4.78 is 38.1. The molecule has 34 heavy (non-hydrogen) atoms. The van der Waals surface area contributed by atoms with Crippen LogP contribution in [0.25, 0.3) is 0 Å². The van der Waals surface area contributed by atoms with Gasteiger partial charge in [0.05, 0.1) is 24.8 Å². The zero-order valence-corrected chi connectivity index (χ0v) is 20.6. The van der Waals surface area contributed by atoms with Crippen molar-refractivity contribution in [3.63, 3.8) is 0 Å². The van der Waals surface area contributed by atoms with Gasteiger partial charge in [0.15, 0.2) is 0 Å². The Bertz CT molecular complexity index is 1200. The second kappa shape index (κ2) is 11.8.